The van der Waals surface area contributed by atoms with Crippen molar-refractivity contribution in [3.05, 3.63) is 17.0 Å². The number of aryl methyl sites for hydroxylation is 2. The normalized spacial score (nSPS) is 19.3. The molecule has 0 unspecified atom stereocenters. The van der Waals surface area contributed by atoms with Gasteiger partial charge in [0.1, 0.15) is 0 Å². The van der Waals surface area contributed by atoms with Crippen LogP contribution in [0.15, 0.2) is 0 Å². The molecule has 2 rings (SSSR count). The molecule has 1 aromatic rings. The molecule has 0 bridgehead atoms. The number of hydrogen-bond acceptors (Lipinski definition) is 3. The molecule has 1 aromatic heterocycles. The Morgan fingerprint density at radius 2 is 2.06 bits per heavy atom. The third kappa shape index (κ3) is 1.98. The standard InChI is InChI=1S/C12H17N3O3/c1-7-10(8(2)14(3)13-7)11(16)15-5-4-9(6-15)12(17)18/h9H,4-6H2,1-3H3,(H,17,18)/t9-/m0/s1. The highest BCUT2D eigenvalue weighted by Gasteiger charge is 2.33. The highest BCUT2D eigenvalue weighted by atomic mass is 16.4. The van der Waals surface area contributed by atoms with Gasteiger partial charge in [-0.1, -0.05) is 0 Å². The summed E-state index contributed by atoms with van der Waals surface area (Å²) in [4.78, 5) is 24.8. The van der Waals surface area contributed by atoms with Gasteiger partial charge in [-0.25, -0.2) is 0 Å². The summed E-state index contributed by atoms with van der Waals surface area (Å²) in [5, 5.41) is 13.2. The van der Waals surface area contributed by atoms with E-state index in [1.807, 2.05) is 6.92 Å². The van der Waals surface area contributed by atoms with Gasteiger partial charge in [-0.2, -0.15) is 5.10 Å². The molecule has 6 nitrogen and oxygen atoms in total. The highest BCUT2D eigenvalue weighted by molar-refractivity contribution is 5.96. The van der Waals surface area contributed by atoms with Crippen LogP contribution in [0.4, 0.5) is 0 Å². The van der Waals surface area contributed by atoms with Crippen molar-refractivity contribution in [3.8, 4) is 0 Å². The van der Waals surface area contributed by atoms with Crippen LogP contribution in [0.5, 0.6) is 0 Å². The highest BCUT2D eigenvalue weighted by Crippen LogP contribution is 2.21. The zero-order valence-corrected chi connectivity index (χ0v) is 10.8. The maximum atomic E-state index is 12.3. The fourth-order valence-electron chi connectivity index (χ4n) is 2.39. The lowest BCUT2D eigenvalue weighted by Crippen LogP contribution is -2.30. The average molecular weight is 251 g/mol. The lowest BCUT2D eigenvalue weighted by molar-refractivity contribution is -0.141. The van der Waals surface area contributed by atoms with Crippen molar-refractivity contribution in [2.45, 2.75) is 20.3 Å². The van der Waals surface area contributed by atoms with Gasteiger partial charge in [0.2, 0.25) is 0 Å². The third-order valence-electron chi connectivity index (χ3n) is 3.55. The fraction of sp³-hybridized carbons (Fsp3) is 0.583. The molecule has 0 saturated carbocycles. The number of rotatable bonds is 2. The van der Waals surface area contributed by atoms with E-state index in [2.05, 4.69) is 5.10 Å². The van der Waals surface area contributed by atoms with E-state index < -0.39 is 11.9 Å². The van der Waals surface area contributed by atoms with Crippen LogP contribution in [0.2, 0.25) is 0 Å². The molecule has 18 heavy (non-hydrogen) atoms. The zero-order valence-electron chi connectivity index (χ0n) is 10.8. The molecule has 1 atom stereocenters. The van der Waals surface area contributed by atoms with E-state index in [4.69, 9.17) is 5.11 Å². The van der Waals surface area contributed by atoms with E-state index in [0.29, 0.717) is 30.8 Å². The maximum Gasteiger partial charge on any atom is 0.308 e. The zero-order chi connectivity index (χ0) is 13.4. The minimum atomic E-state index is -0.829. The quantitative estimate of drug-likeness (QED) is 0.834. The third-order valence-corrected chi connectivity index (χ3v) is 3.55. The first-order valence-corrected chi connectivity index (χ1v) is 5.94. The van der Waals surface area contributed by atoms with Gasteiger partial charge in [0.05, 0.1) is 17.2 Å². The van der Waals surface area contributed by atoms with Crippen LogP contribution in [0, 0.1) is 19.8 Å². The Balaban J connectivity index is 2.20. The Labute approximate surface area is 105 Å². The molecule has 1 aliphatic rings. The van der Waals surface area contributed by atoms with Crippen LogP contribution in [-0.2, 0) is 11.8 Å². The second-order valence-electron chi connectivity index (χ2n) is 4.74. The molecule has 2 heterocycles. The number of carboxylic acids is 1. The number of likely N-dealkylation sites (tertiary alicyclic amines) is 1. The predicted octanol–water partition coefficient (Wildman–Crippen LogP) is 0.584. The summed E-state index contributed by atoms with van der Waals surface area (Å²) in [6, 6.07) is 0. The minimum Gasteiger partial charge on any atom is -0.481 e. The van der Waals surface area contributed by atoms with Crippen LogP contribution in [0.3, 0.4) is 0 Å². The first-order valence-electron chi connectivity index (χ1n) is 5.94. The number of carbonyl (C=O) groups excluding carboxylic acids is 1. The van der Waals surface area contributed by atoms with Crippen molar-refractivity contribution in [3.63, 3.8) is 0 Å². The summed E-state index contributed by atoms with van der Waals surface area (Å²) in [5.41, 5.74) is 2.11. The van der Waals surface area contributed by atoms with Gasteiger partial charge in [-0.3, -0.25) is 14.3 Å². The first-order chi connectivity index (χ1) is 8.41. The number of carbonyl (C=O) groups is 2. The van der Waals surface area contributed by atoms with Crippen LogP contribution in [-0.4, -0.2) is 44.8 Å². The van der Waals surface area contributed by atoms with Crippen molar-refractivity contribution >= 4 is 11.9 Å². The number of aliphatic carboxylic acids is 1. The van der Waals surface area contributed by atoms with Crippen molar-refractivity contribution in [2.75, 3.05) is 13.1 Å². The summed E-state index contributed by atoms with van der Waals surface area (Å²) in [6.07, 6.45) is 0.527. The lowest BCUT2D eigenvalue weighted by atomic mass is 10.1. The number of nitrogens with zero attached hydrogens (tertiary/aromatic N) is 3. The van der Waals surface area contributed by atoms with Gasteiger partial charge in [0.25, 0.3) is 5.91 Å². The Morgan fingerprint density at radius 3 is 2.50 bits per heavy atom. The summed E-state index contributed by atoms with van der Waals surface area (Å²) >= 11 is 0. The topological polar surface area (TPSA) is 75.4 Å². The van der Waals surface area contributed by atoms with E-state index in [0.717, 1.165) is 5.69 Å². The lowest BCUT2D eigenvalue weighted by Gasteiger charge is -2.15. The molecule has 1 saturated heterocycles. The summed E-state index contributed by atoms with van der Waals surface area (Å²) in [7, 11) is 1.79. The average Bonchev–Trinajstić information content (AvgIpc) is 2.85. The monoisotopic (exact) mass is 251 g/mol. The molecule has 98 valence electrons. The number of hydrogen-bond donors (Lipinski definition) is 1. The predicted molar refractivity (Wildman–Crippen MR) is 64.3 cm³/mol. The Kier molecular flexibility index (Phi) is 3.11. The molecule has 6 heteroatoms. The number of carboxylic acid groups (broad SMARTS) is 1. The number of amides is 1. The second-order valence-corrected chi connectivity index (χ2v) is 4.74. The summed E-state index contributed by atoms with van der Waals surface area (Å²) in [5.74, 6) is -1.38. The van der Waals surface area contributed by atoms with E-state index in [1.165, 1.54) is 0 Å². The van der Waals surface area contributed by atoms with E-state index >= 15 is 0 Å². The molecule has 0 radical (unpaired) electrons. The molecular formula is C12H17N3O3. The minimum absolute atomic E-state index is 0.109. The largest absolute Gasteiger partial charge is 0.481 e. The second kappa shape index (κ2) is 4.44. The molecule has 1 aliphatic heterocycles. The van der Waals surface area contributed by atoms with E-state index in [1.54, 1.807) is 23.6 Å². The Hall–Kier alpha value is -1.85. The van der Waals surface area contributed by atoms with Crippen molar-refractivity contribution in [1.29, 1.82) is 0 Å². The molecule has 1 fully saturated rings. The van der Waals surface area contributed by atoms with Gasteiger partial charge in [0.15, 0.2) is 0 Å². The fourth-order valence-corrected chi connectivity index (χ4v) is 2.39. The first kappa shape index (κ1) is 12.6. The Bertz CT molecular complexity index is 507. The van der Waals surface area contributed by atoms with Crippen LogP contribution < -0.4 is 0 Å². The SMILES string of the molecule is Cc1nn(C)c(C)c1C(=O)N1CC[C@H](C(=O)O)C1. The molecule has 1 N–H and O–H groups in total. The molecule has 0 aromatic carbocycles. The van der Waals surface area contributed by atoms with Gasteiger partial charge in [0, 0.05) is 25.8 Å². The van der Waals surface area contributed by atoms with Gasteiger partial charge < -0.3 is 10.0 Å². The maximum absolute atomic E-state index is 12.3. The van der Waals surface area contributed by atoms with Crippen molar-refractivity contribution in [2.24, 2.45) is 13.0 Å². The van der Waals surface area contributed by atoms with Crippen molar-refractivity contribution < 1.29 is 14.7 Å². The smallest absolute Gasteiger partial charge is 0.308 e. The summed E-state index contributed by atoms with van der Waals surface area (Å²) in [6.45, 7) is 4.44. The molecule has 0 aliphatic carbocycles. The van der Waals surface area contributed by atoms with Gasteiger partial charge >= 0.3 is 5.97 Å². The van der Waals surface area contributed by atoms with Crippen LogP contribution in [0.1, 0.15) is 28.2 Å². The van der Waals surface area contributed by atoms with Gasteiger partial charge in [-0.05, 0) is 20.3 Å². The Morgan fingerprint density at radius 1 is 1.39 bits per heavy atom. The van der Waals surface area contributed by atoms with Crippen molar-refractivity contribution in [1.82, 2.24) is 14.7 Å². The van der Waals surface area contributed by atoms with E-state index in [9.17, 15) is 9.59 Å². The summed E-state index contributed by atoms with van der Waals surface area (Å²) < 4.78 is 1.67. The molecule has 1 amide bonds. The number of aromatic nitrogens is 2. The van der Waals surface area contributed by atoms with Crippen LogP contribution in [0.25, 0.3) is 0 Å². The molecule has 0 spiro atoms. The van der Waals surface area contributed by atoms with Gasteiger partial charge in [-0.15, -0.1) is 0 Å². The molecular weight excluding hydrogens is 234 g/mol. The van der Waals surface area contributed by atoms with Crippen LogP contribution >= 0.6 is 0 Å². The van der Waals surface area contributed by atoms with E-state index in [-0.39, 0.29) is 5.91 Å².